The molecule has 3 rings (SSSR count). The van der Waals surface area contributed by atoms with E-state index in [0.29, 0.717) is 13.2 Å². The van der Waals surface area contributed by atoms with Gasteiger partial charge in [0, 0.05) is 36.7 Å². The van der Waals surface area contributed by atoms with E-state index in [2.05, 4.69) is 32.6 Å². The van der Waals surface area contributed by atoms with Crippen LogP contribution in [0.15, 0.2) is 16.6 Å². The fourth-order valence-electron chi connectivity index (χ4n) is 2.87. The standard InChI is InChI=1S/C15H19BrN2O3/c1-20-12-6-13(17-8-12)15(19)18-7-10-5-11(16)4-9-2-3-21-14(9)10/h4-5,12-13,17H,2-3,6-8H2,1H3,(H,18,19). The molecule has 6 heteroatoms. The largest absolute Gasteiger partial charge is 0.493 e. The number of benzene rings is 1. The highest BCUT2D eigenvalue weighted by Crippen LogP contribution is 2.32. The van der Waals surface area contributed by atoms with Crippen LogP contribution in [0.5, 0.6) is 5.75 Å². The zero-order valence-electron chi connectivity index (χ0n) is 11.9. The maximum atomic E-state index is 12.2. The summed E-state index contributed by atoms with van der Waals surface area (Å²) < 4.78 is 12.0. The van der Waals surface area contributed by atoms with Crippen molar-refractivity contribution in [2.24, 2.45) is 0 Å². The third-order valence-electron chi connectivity index (χ3n) is 4.02. The Bertz CT molecular complexity index is 550. The molecule has 1 aromatic rings. The molecule has 0 saturated carbocycles. The number of carbonyl (C=O) groups excluding carboxylic acids is 1. The average molecular weight is 355 g/mol. The first-order chi connectivity index (χ1) is 10.2. The van der Waals surface area contributed by atoms with Crippen molar-refractivity contribution in [3.05, 3.63) is 27.7 Å². The Morgan fingerprint density at radius 3 is 3.19 bits per heavy atom. The van der Waals surface area contributed by atoms with E-state index >= 15 is 0 Å². The molecule has 21 heavy (non-hydrogen) atoms. The molecule has 0 aliphatic carbocycles. The highest BCUT2D eigenvalue weighted by molar-refractivity contribution is 9.10. The van der Waals surface area contributed by atoms with Crippen LogP contribution < -0.4 is 15.4 Å². The van der Waals surface area contributed by atoms with E-state index in [1.807, 2.05) is 6.07 Å². The lowest BCUT2D eigenvalue weighted by molar-refractivity contribution is -0.123. The lowest BCUT2D eigenvalue weighted by Crippen LogP contribution is -2.40. The number of nitrogens with one attached hydrogen (secondary N) is 2. The molecule has 1 amide bonds. The molecule has 1 saturated heterocycles. The van der Waals surface area contributed by atoms with Gasteiger partial charge in [0.1, 0.15) is 5.75 Å². The molecule has 0 aromatic heterocycles. The summed E-state index contributed by atoms with van der Waals surface area (Å²) >= 11 is 3.51. The number of hydrogen-bond acceptors (Lipinski definition) is 4. The van der Waals surface area contributed by atoms with Gasteiger partial charge in [-0.3, -0.25) is 4.79 Å². The highest BCUT2D eigenvalue weighted by Gasteiger charge is 2.29. The summed E-state index contributed by atoms with van der Waals surface area (Å²) in [6, 6.07) is 3.91. The minimum atomic E-state index is -0.170. The molecule has 5 nitrogen and oxygen atoms in total. The van der Waals surface area contributed by atoms with Crippen molar-refractivity contribution >= 4 is 21.8 Å². The van der Waals surface area contributed by atoms with E-state index in [1.54, 1.807) is 7.11 Å². The average Bonchev–Trinajstić information content (AvgIpc) is 3.12. The van der Waals surface area contributed by atoms with Gasteiger partial charge in [-0.1, -0.05) is 15.9 Å². The van der Waals surface area contributed by atoms with Gasteiger partial charge in [-0.2, -0.15) is 0 Å². The molecule has 2 aliphatic rings. The van der Waals surface area contributed by atoms with Gasteiger partial charge in [0.05, 0.1) is 18.8 Å². The zero-order chi connectivity index (χ0) is 14.8. The summed E-state index contributed by atoms with van der Waals surface area (Å²) in [7, 11) is 1.68. The molecule has 0 spiro atoms. The lowest BCUT2D eigenvalue weighted by atomic mass is 10.1. The molecule has 2 atom stereocenters. The predicted octanol–water partition coefficient (Wildman–Crippen LogP) is 1.38. The molecule has 1 aromatic carbocycles. The van der Waals surface area contributed by atoms with Crippen LogP contribution in [0.2, 0.25) is 0 Å². The number of halogens is 1. The molecule has 1 fully saturated rings. The van der Waals surface area contributed by atoms with E-state index in [4.69, 9.17) is 9.47 Å². The second-order valence-electron chi connectivity index (χ2n) is 5.42. The first-order valence-electron chi connectivity index (χ1n) is 7.15. The maximum absolute atomic E-state index is 12.2. The van der Waals surface area contributed by atoms with Crippen LogP contribution in [0.1, 0.15) is 17.5 Å². The SMILES string of the molecule is COC1CNC(C(=O)NCc2cc(Br)cc3c2OCC3)C1. The molecular formula is C15H19BrN2O3. The van der Waals surface area contributed by atoms with Gasteiger partial charge >= 0.3 is 0 Å². The topological polar surface area (TPSA) is 59.6 Å². The Balaban J connectivity index is 1.62. The van der Waals surface area contributed by atoms with Crippen molar-refractivity contribution in [3.8, 4) is 5.75 Å². The second kappa shape index (κ2) is 6.34. The first kappa shape index (κ1) is 14.8. The van der Waals surface area contributed by atoms with Crippen LogP contribution in [0.25, 0.3) is 0 Å². The van der Waals surface area contributed by atoms with E-state index in [9.17, 15) is 4.79 Å². The van der Waals surface area contributed by atoms with E-state index < -0.39 is 0 Å². The van der Waals surface area contributed by atoms with E-state index in [0.717, 1.165) is 35.2 Å². The summed E-state index contributed by atoms with van der Waals surface area (Å²) in [5, 5.41) is 6.16. The van der Waals surface area contributed by atoms with Crippen LogP contribution in [0.3, 0.4) is 0 Å². The summed E-state index contributed by atoms with van der Waals surface area (Å²) in [5.74, 6) is 0.939. The number of methoxy groups -OCH3 is 1. The van der Waals surface area contributed by atoms with Gasteiger partial charge in [-0.15, -0.1) is 0 Å². The number of rotatable bonds is 4. The third-order valence-corrected chi connectivity index (χ3v) is 4.48. The smallest absolute Gasteiger partial charge is 0.237 e. The Morgan fingerprint density at radius 2 is 2.43 bits per heavy atom. The minimum absolute atomic E-state index is 0.0151. The number of hydrogen-bond donors (Lipinski definition) is 2. The third kappa shape index (κ3) is 3.22. The van der Waals surface area contributed by atoms with Crippen molar-refractivity contribution in [2.45, 2.75) is 31.5 Å². The van der Waals surface area contributed by atoms with Gasteiger partial charge in [0.25, 0.3) is 0 Å². The number of fused-ring (bicyclic) bond motifs is 1. The van der Waals surface area contributed by atoms with Crippen molar-refractivity contribution in [2.75, 3.05) is 20.3 Å². The van der Waals surface area contributed by atoms with Crippen molar-refractivity contribution in [3.63, 3.8) is 0 Å². The normalized spacial score (nSPS) is 23.7. The highest BCUT2D eigenvalue weighted by atomic mass is 79.9. The number of carbonyl (C=O) groups is 1. The second-order valence-corrected chi connectivity index (χ2v) is 6.34. The van der Waals surface area contributed by atoms with Crippen LogP contribution >= 0.6 is 15.9 Å². The Labute approximate surface area is 132 Å². The Hall–Kier alpha value is -1.11. The van der Waals surface area contributed by atoms with Crippen molar-refractivity contribution in [1.29, 1.82) is 0 Å². The van der Waals surface area contributed by atoms with Crippen molar-refractivity contribution in [1.82, 2.24) is 10.6 Å². The molecular weight excluding hydrogens is 336 g/mol. The van der Waals surface area contributed by atoms with Gasteiger partial charge in [0.2, 0.25) is 5.91 Å². The van der Waals surface area contributed by atoms with E-state index in [-0.39, 0.29) is 18.1 Å². The fraction of sp³-hybridized carbons (Fsp3) is 0.533. The predicted molar refractivity (Wildman–Crippen MR) is 82.4 cm³/mol. The molecule has 2 heterocycles. The molecule has 0 bridgehead atoms. The van der Waals surface area contributed by atoms with Crippen LogP contribution in [0.4, 0.5) is 0 Å². The van der Waals surface area contributed by atoms with Gasteiger partial charge < -0.3 is 20.1 Å². The molecule has 0 radical (unpaired) electrons. The van der Waals surface area contributed by atoms with E-state index in [1.165, 1.54) is 5.56 Å². The fourth-order valence-corrected chi connectivity index (χ4v) is 3.42. The molecule has 2 N–H and O–H groups in total. The Kier molecular flexibility index (Phi) is 4.47. The summed E-state index contributed by atoms with van der Waals surface area (Å²) in [4.78, 5) is 12.2. The number of ether oxygens (including phenoxy) is 2. The Morgan fingerprint density at radius 1 is 1.57 bits per heavy atom. The summed E-state index contributed by atoms with van der Waals surface area (Å²) in [6.07, 6.45) is 1.77. The van der Waals surface area contributed by atoms with Crippen LogP contribution in [0, 0.1) is 0 Å². The number of amides is 1. The quantitative estimate of drug-likeness (QED) is 0.857. The zero-order valence-corrected chi connectivity index (χ0v) is 13.5. The molecule has 114 valence electrons. The van der Waals surface area contributed by atoms with Gasteiger partial charge in [0.15, 0.2) is 0 Å². The van der Waals surface area contributed by atoms with Crippen LogP contribution in [-0.4, -0.2) is 38.3 Å². The van der Waals surface area contributed by atoms with Gasteiger partial charge in [-0.25, -0.2) is 0 Å². The summed E-state index contributed by atoms with van der Waals surface area (Å²) in [5.41, 5.74) is 2.22. The minimum Gasteiger partial charge on any atom is -0.493 e. The lowest BCUT2D eigenvalue weighted by Gasteiger charge is -2.13. The molecule has 2 unspecified atom stereocenters. The maximum Gasteiger partial charge on any atom is 0.237 e. The summed E-state index contributed by atoms with van der Waals surface area (Å²) in [6.45, 7) is 1.92. The van der Waals surface area contributed by atoms with Crippen molar-refractivity contribution < 1.29 is 14.3 Å². The first-order valence-corrected chi connectivity index (χ1v) is 7.94. The van der Waals surface area contributed by atoms with Crippen LogP contribution in [-0.2, 0) is 22.5 Å². The monoisotopic (exact) mass is 354 g/mol. The van der Waals surface area contributed by atoms with Gasteiger partial charge in [-0.05, 0) is 24.1 Å². The molecule has 2 aliphatic heterocycles.